The van der Waals surface area contributed by atoms with Crippen LogP contribution in [-0.4, -0.2) is 44.1 Å². The molecular weight excluding hydrogens is 295 g/mol. The fourth-order valence-corrected chi connectivity index (χ4v) is 3.31. The second kappa shape index (κ2) is 8.10. The molecule has 1 rings (SSSR count). The molecule has 0 fully saturated rings. The van der Waals surface area contributed by atoms with E-state index in [2.05, 4.69) is 11.8 Å². The number of aliphatic hydroxyl groups excluding tert-OH is 1. The van der Waals surface area contributed by atoms with Crippen LogP contribution >= 0.6 is 0 Å². The molecule has 0 amide bonds. The third-order valence-electron chi connectivity index (χ3n) is 2.80. The number of hydrogen-bond donors (Lipinski definition) is 2. The molecule has 21 heavy (non-hydrogen) atoms. The van der Waals surface area contributed by atoms with E-state index in [1.807, 2.05) is 0 Å². The van der Waals surface area contributed by atoms with Gasteiger partial charge in [0.2, 0.25) is 10.0 Å². The Balaban J connectivity index is 3.13. The molecule has 0 bridgehead atoms. The fraction of sp³-hybridized carbons (Fsp3) is 0.429. The molecule has 0 spiro atoms. The molecule has 0 radical (unpaired) electrons. The maximum absolute atomic E-state index is 14.0. The number of nitrogens with two attached hydrogens (primary N) is 1. The third kappa shape index (κ3) is 4.51. The lowest BCUT2D eigenvalue weighted by Gasteiger charge is -2.20. The molecule has 0 atom stereocenters. The summed E-state index contributed by atoms with van der Waals surface area (Å²) in [6.07, 6.45) is 0.300. The van der Waals surface area contributed by atoms with Gasteiger partial charge in [-0.3, -0.25) is 0 Å². The molecule has 7 heteroatoms. The Labute approximate surface area is 124 Å². The first-order chi connectivity index (χ1) is 9.97. The average molecular weight is 314 g/mol. The first kappa shape index (κ1) is 17.6. The van der Waals surface area contributed by atoms with Gasteiger partial charge in [0, 0.05) is 25.3 Å². The van der Waals surface area contributed by atoms with Crippen LogP contribution in [0, 0.1) is 17.7 Å². The quantitative estimate of drug-likeness (QED) is 0.750. The van der Waals surface area contributed by atoms with Crippen LogP contribution in [0.2, 0.25) is 0 Å². The normalized spacial score (nSPS) is 11.3. The molecule has 1 aromatic carbocycles. The second-order valence-corrected chi connectivity index (χ2v) is 6.13. The minimum absolute atomic E-state index is 0.123. The van der Waals surface area contributed by atoms with Crippen molar-refractivity contribution >= 4 is 10.0 Å². The van der Waals surface area contributed by atoms with E-state index >= 15 is 0 Å². The zero-order valence-corrected chi connectivity index (χ0v) is 12.7. The smallest absolute Gasteiger partial charge is 0.245 e. The first-order valence-corrected chi connectivity index (χ1v) is 8.00. The van der Waals surface area contributed by atoms with Crippen LogP contribution in [0.3, 0.4) is 0 Å². The van der Waals surface area contributed by atoms with Gasteiger partial charge < -0.3 is 10.8 Å². The summed E-state index contributed by atoms with van der Waals surface area (Å²) in [6.45, 7) is 2.03. The minimum Gasteiger partial charge on any atom is -0.396 e. The summed E-state index contributed by atoms with van der Waals surface area (Å²) in [5.41, 5.74) is 5.60. The Morgan fingerprint density at radius 2 is 2.14 bits per heavy atom. The molecule has 0 aliphatic carbocycles. The molecule has 0 aliphatic heterocycles. The SMILES string of the molecule is CCN(CCCO)S(=O)(=O)c1ccc(C#CCN)cc1F. The summed E-state index contributed by atoms with van der Waals surface area (Å²) in [7, 11) is -3.92. The van der Waals surface area contributed by atoms with Gasteiger partial charge in [0.05, 0.1) is 6.54 Å². The largest absolute Gasteiger partial charge is 0.396 e. The van der Waals surface area contributed by atoms with Crippen molar-refractivity contribution in [3.05, 3.63) is 29.6 Å². The zero-order valence-electron chi connectivity index (χ0n) is 11.8. The Kier molecular flexibility index (Phi) is 6.78. The summed E-state index contributed by atoms with van der Waals surface area (Å²) in [4.78, 5) is -0.388. The van der Waals surface area contributed by atoms with E-state index in [0.29, 0.717) is 12.0 Å². The number of rotatable bonds is 6. The number of aliphatic hydroxyl groups is 1. The molecule has 3 N–H and O–H groups in total. The van der Waals surface area contributed by atoms with Crippen molar-refractivity contribution in [3.8, 4) is 11.8 Å². The maximum Gasteiger partial charge on any atom is 0.245 e. The zero-order chi connectivity index (χ0) is 15.9. The van der Waals surface area contributed by atoms with Crippen molar-refractivity contribution in [2.75, 3.05) is 26.2 Å². The standard InChI is InChI=1S/C14H19FN2O3S/c1-2-17(9-4-10-18)21(19,20)14-7-6-12(5-3-8-16)11-13(14)15/h6-7,11,18H,2,4,8-10,16H2,1H3. The van der Waals surface area contributed by atoms with E-state index in [0.717, 1.165) is 10.4 Å². The van der Waals surface area contributed by atoms with Gasteiger partial charge in [-0.1, -0.05) is 18.8 Å². The highest BCUT2D eigenvalue weighted by Crippen LogP contribution is 2.20. The topological polar surface area (TPSA) is 83.6 Å². The molecule has 0 aromatic heterocycles. The van der Waals surface area contributed by atoms with Crippen molar-refractivity contribution in [2.45, 2.75) is 18.2 Å². The minimum atomic E-state index is -3.92. The van der Waals surface area contributed by atoms with Gasteiger partial charge in [0.1, 0.15) is 10.7 Å². The highest BCUT2D eigenvalue weighted by molar-refractivity contribution is 7.89. The lowest BCUT2D eigenvalue weighted by atomic mass is 10.2. The average Bonchev–Trinajstić information content (AvgIpc) is 2.45. The first-order valence-electron chi connectivity index (χ1n) is 6.56. The van der Waals surface area contributed by atoms with Crippen LogP contribution in [-0.2, 0) is 10.0 Å². The van der Waals surface area contributed by atoms with Crippen molar-refractivity contribution in [1.29, 1.82) is 0 Å². The van der Waals surface area contributed by atoms with Gasteiger partial charge in [-0.15, -0.1) is 0 Å². The van der Waals surface area contributed by atoms with Crippen molar-refractivity contribution in [3.63, 3.8) is 0 Å². The molecule has 0 heterocycles. The third-order valence-corrected chi connectivity index (χ3v) is 4.81. The lowest BCUT2D eigenvalue weighted by molar-refractivity contribution is 0.271. The number of benzene rings is 1. The summed E-state index contributed by atoms with van der Waals surface area (Å²) in [6, 6.07) is 3.72. The van der Waals surface area contributed by atoms with E-state index < -0.39 is 15.8 Å². The second-order valence-electron chi connectivity index (χ2n) is 4.22. The maximum atomic E-state index is 14.0. The molecule has 1 aromatic rings. The van der Waals surface area contributed by atoms with E-state index in [9.17, 15) is 12.8 Å². The van der Waals surface area contributed by atoms with E-state index in [4.69, 9.17) is 10.8 Å². The number of hydrogen-bond acceptors (Lipinski definition) is 4. The molecule has 0 aliphatic rings. The van der Waals surface area contributed by atoms with Crippen LogP contribution in [0.15, 0.2) is 23.1 Å². The molecule has 116 valence electrons. The number of sulfonamides is 1. The lowest BCUT2D eigenvalue weighted by Crippen LogP contribution is -2.32. The van der Waals surface area contributed by atoms with Crippen LogP contribution < -0.4 is 5.73 Å². The van der Waals surface area contributed by atoms with Crippen LogP contribution in [0.1, 0.15) is 18.9 Å². The van der Waals surface area contributed by atoms with Gasteiger partial charge in [-0.05, 0) is 24.6 Å². The Morgan fingerprint density at radius 1 is 1.43 bits per heavy atom. The fourth-order valence-electron chi connectivity index (χ4n) is 1.78. The summed E-state index contributed by atoms with van der Waals surface area (Å²) < 4.78 is 39.9. The summed E-state index contributed by atoms with van der Waals surface area (Å²) in [5.74, 6) is 4.37. The summed E-state index contributed by atoms with van der Waals surface area (Å²) in [5, 5.41) is 8.80. The summed E-state index contributed by atoms with van der Waals surface area (Å²) >= 11 is 0. The van der Waals surface area contributed by atoms with E-state index in [1.54, 1.807) is 6.92 Å². The van der Waals surface area contributed by atoms with Gasteiger partial charge in [0.15, 0.2) is 0 Å². The van der Waals surface area contributed by atoms with Crippen LogP contribution in [0.25, 0.3) is 0 Å². The molecule has 0 unspecified atom stereocenters. The van der Waals surface area contributed by atoms with Crippen molar-refractivity contribution in [1.82, 2.24) is 4.31 Å². The molecule has 0 saturated carbocycles. The van der Waals surface area contributed by atoms with Crippen LogP contribution in [0.4, 0.5) is 4.39 Å². The van der Waals surface area contributed by atoms with Crippen LogP contribution in [0.5, 0.6) is 0 Å². The van der Waals surface area contributed by atoms with Gasteiger partial charge in [-0.25, -0.2) is 12.8 Å². The number of halogens is 1. The Hall–Kier alpha value is -1.46. The van der Waals surface area contributed by atoms with E-state index in [1.165, 1.54) is 12.1 Å². The van der Waals surface area contributed by atoms with Gasteiger partial charge in [-0.2, -0.15) is 4.31 Å². The predicted octanol–water partition coefficient (Wildman–Crippen LogP) is 0.529. The number of nitrogens with zero attached hydrogens (tertiary/aromatic N) is 1. The molecule has 5 nitrogen and oxygen atoms in total. The monoisotopic (exact) mass is 314 g/mol. The molecule has 0 saturated heterocycles. The van der Waals surface area contributed by atoms with E-state index in [-0.39, 0.29) is 31.1 Å². The highest BCUT2D eigenvalue weighted by Gasteiger charge is 2.25. The van der Waals surface area contributed by atoms with Gasteiger partial charge >= 0.3 is 0 Å². The Morgan fingerprint density at radius 3 is 2.67 bits per heavy atom. The highest BCUT2D eigenvalue weighted by atomic mass is 32.2. The van der Waals surface area contributed by atoms with Gasteiger partial charge in [0.25, 0.3) is 0 Å². The van der Waals surface area contributed by atoms with Crippen molar-refractivity contribution in [2.24, 2.45) is 5.73 Å². The van der Waals surface area contributed by atoms with Crippen molar-refractivity contribution < 1.29 is 17.9 Å². The predicted molar refractivity (Wildman–Crippen MR) is 78.5 cm³/mol. The Bertz CT molecular complexity index is 635. The molecular formula is C14H19FN2O3S.